The lowest BCUT2D eigenvalue weighted by Crippen LogP contribution is -2.43. The van der Waals surface area contributed by atoms with Crippen LogP contribution in [0.2, 0.25) is 0 Å². The number of nitrogens with zero attached hydrogens (tertiary/aromatic N) is 1. The zero-order chi connectivity index (χ0) is 22.7. The van der Waals surface area contributed by atoms with Crippen molar-refractivity contribution < 1.29 is 24.6 Å². The van der Waals surface area contributed by atoms with E-state index in [1.807, 2.05) is 37.3 Å². The van der Waals surface area contributed by atoms with Gasteiger partial charge in [-0.1, -0.05) is 18.2 Å². The van der Waals surface area contributed by atoms with Gasteiger partial charge >= 0.3 is 0 Å². The van der Waals surface area contributed by atoms with E-state index in [4.69, 9.17) is 9.94 Å². The highest BCUT2D eigenvalue weighted by molar-refractivity contribution is 5.95. The number of rotatable bonds is 6. The number of aliphatic hydroxyl groups is 1. The Morgan fingerprint density at radius 1 is 1.12 bits per heavy atom. The van der Waals surface area contributed by atoms with Gasteiger partial charge in [0.05, 0.1) is 17.5 Å². The van der Waals surface area contributed by atoms with Crippen molar-refractivity contribution in [3.05, 3.63) is 71.4 Å². The number of hydroxylamine groups is 1. The zero-order valence-electron chi connectivity index (χ0n) is 17.6. The second kappa shape index (κ2) is 9.33. The molecule has 0 bridgehead atoms. The first-order valence-electron chi connectivity index (χ1n) is 10.5. The molecule has 32 heavy (non-hydrogen) atoms. The Balaban J connectivity index is 1.40. The van der Waals surface area contributed by atoms with E-state index in [1.54, 1.807) is 29.7 Å². The van der Waals surface area contributed by atoms with Gasteiger partial charge in [0.25, 0.3) is 5.91 Å². The summed E-state index contributed by atoms with van der Waals surface area (Å²) in [6.07, 6.45) is -0.260. The maximum absolute atomic E-state index is 12.6. The summed E-state index contributed by atoms with van der Waals surface area (Å²) >= 11 is 0. The Labute approximate surface area is 185 Å². The Kier molecular flexibility index (Phi) is 6.34. The lowest BCUT2D eigenvalue weighted by molar-refractivity contribution is -0.133. The fourth-order valence-electron chi connectivity index (χ4n) is 4.17. The molecular weight excluding hydrogens is 410 g/mol. The largest absolute Gasteiger partial charge is 0.489 e. The van der Waals surface area contributed by atoms with Crippen LogP contribution in [0.4, 0.5) is 0 Å². The minimum absolute atomic E-state index is 0.188. The van der Waals surface area contributed by atoms with E-state index in [9.17, 15) is 14.7 Å². The first kappa shape index (κ1) is 21.7. The second-order valence-corrected chi connectivity index (χ2v) is 8.04. The molecular formula is C24H25N3O5. The number of pyridine rings is 1. The van der Waals surface area contributed by atoms with Crippen LogP contribution in [0, 0.1) is 12.8 Å². The zero-order valence-corrected chi connectivity index (χ0v) is 17.6. The molecule has 1 aliphatic rings. The van der Waals surface area contributed by atoms with E-state index < -0.39 is 24.0 Å². The van der Waals surface area contributed by atoms with Crippen LogP contribution in [-0.2, 0) is 11.4 Å². The lowest BCUT2D eigenvalue weighted by atomic mass is 10.0. The molecule has 0 spiro atoms. The number of ether oxygens (including phenoxy) is 1. The molecule has 1 aliphatic carbocycles. The van der Waals surface area contributed by atoms with Gasteiger partial charge in [-0.25, -0.2) is 5.48 Å². The predicted octanol–water partition coefficient (Wildman–Crippen LogP) is 2.50. The number of hydrogen-bond acceptors (Lipinski definition) is 6. The van der Waals surface area contributed by atoms with E-state index >= 15 is 0 Å². The number of carbonyl (C=O) groups excluding carboxylic acids is 2. The normalized spacial score (nSPS) is 20.2. The predicted molar refractivity (Wildman–Crippen MR) is 117 cm³/mol. The van der Waals surface area contributed by atoms with Gasteiger partial charge in [0.2, 0.25) is 5.91 Å². The highest BCUT2D eigenvalue weighted by Crippen LogP contribution is 2.27. The van der Waals surface area contributed by atoms with Gasteiger partial charge in [0.15, 0.2) is 0 Å². The molecule has 0 saturated heterocycles. The molecule has 1 aromatic heterocycles. The van der Waals surface area contributed by atoms with Crippen molar-refractivity contribution in [3.63, 3.8) is 0 Å². The van der Waals surface area contributed by atoms with E-state index in [1.165, 1.54) is 0 Å². The van der Waals surface area contributed by atoms with E-state index in [0.717, 1.165) is 22.2 Å². The van der Waals surface area contributed by atoms with Crippen LogP contribution in [0.3, 0.4) is 0 Å². The first-order valence-corrected chi connectivity index (χ1v) is 10.5. The van der Waals surface area contributed by atoms with Gasteiger partial charge in [0.1, 0.15) is 12.4 Å². The Bertz CT molecular complexity index is 1130. The summed E-state index contributed by atoms with van der Waals surface area (Å²) in [6, 6.07) is 16.1. The lowest BCUT2D eigenvalue weighted by Gasteiger charge is -2.19. The minimum Gasteiger partial charge on any atom is -0.489 e. The number of benzene rings is 2. The van der Waals surface area contributed by atoms with Gasteiger partial charge in [0, 0.05) is 28.2 Å². The Morgan fingerprint density at radius 3 is 2.62 bits per heavy atom. The third-order valence-corrected chi connectivity index (χ3v) is 5.74. The summed E-state index contributed by atoms with van der Waals surface area (Å²) in [6.45, 7) is 2.31. The SMILES string of the molecule is Cc1cc(COc2ccc(C(=O)N[C@@H]3C[C@H](O)C[C@@H]3C(=O)NO)cc2)c2ccccc2n1. The smallest absolute Gasteiger partial charge is 0.251 e. The summed E-state index contributed by atoms with van der Waals surface area (Å²) in [7, 11) is 0. The van der Waals surface area contributed by atoms with E-state index in [-0.39, 0.29) is 18.7 Å². The molecule has 1 heterocycles. The van der Waals surface area contributed by atoms with Crippen LogP contribution < -0.4 is 15.5 Å². The van der Waals surface area contributed by atoms with Gasteiger partial charge in [-0.15, -0.1) is 0 Å². The quantitative estimate of drug-likeness (QED) is 0.349. The fourth-order valence-corrected chi connectivity index (χ4v) is 4.17. The first-order chi connectivity index (χ1) is 15.4. The molecule has 3 aromatic rings. The Morgan fingerprint density at radius 2 is 1.88 bits per heavy atom. The molecule has 0 unspecified atom stereocenters. The summed E-state index contributed by atoms with van der Waals surface area (Å²) in [5.41, 5.74) is 4.87. The van der Waals surface area contributed by atoms with Crippen molar-refractivity contribution in [1.29, 1.82) is 0 Å². The molecule has 4 rings (SSSR count). The van der Waals surface area contributed by atoms with Crippen molar-refractivity contribution in [2.75, 3.05) is 0 Å². The van der Waals surface area contributed by atoms with Crippen molar-refractivity contribution in [2.24, 2.45) is 5.92 Å². The standard InChI is InChI=1S/C24H25N3O5/c1-14-10-16(19-4-2-3-5-21(19)25-14)13-32-18-8-6-15(7-9-18)23(29)26-22-12-17(28)11-20(22)24(30)27-31/h2-10,17,20,22,28,31H,11-13H2,1H3,(H,26,29)(H,27,30)/t17-,20+,22-/m1/s1. The molecule has 1 fully saturated rings. The highest BCUT2D eigenvalue weighted by Gasteiger charge is 2.39. The average molecular weight is 435 g/mol. The van der Waals surface area contributed by atoms with Crippen molar-refractivity contribution >= 4 is 22.7 Å². The number of fused-ring (bicyclic) bond motifs is 1. The number of aliphatic hydroxyl groups excluding tert-OH is 1. The number of para-hydroxylation sites is 1. The molecule has 8 heteroatoms. The van der Waals surface area contributed by atoms with E-state index in [2.05, 4.69) is 10.3 Å². The topological polar surface area (TPSA) is 121 Å². The van der Waals surface area contributed by atoms with Gasteiger partial charge in [-0.3, -0.25) is 19.8 Å². The van der Waals surface area contributed by atoms with Crippen molar-refractivity contribution in [3.8, 4) is 5.75 Å². The molecule has 2 amide bonds. The van der Waals surface area contributed by atoms with Gasteiger partial charge < -0.3 is 15.2 Å². The van der Waals surface area contributed by atoms with Crippen LogP contribution in [0.25, 0.3) is 10.9 Å². The number of nitrogens with one attached hydrogen (secondary N) is 2. The van der Waals surface area contributed by atoms with Crippen molar-refractivity contribution in [2.45, 2.75) is 38.5 Å². The summed E-state index contributed by atoms with van der Waals surface area (Å²) in [5.74, 6) is -1.04. The molecule has 0 radical (unpaired) electrons. The summed E-state index contributed by atoms with van der Waals surface area (Å²) in [5, 5.41) is 22.5. The summed E-state index contributed by atoms with van der Waals surface area (Å²) in [4.78, 5) is 28.9. The Hall–Kier alpha value is -3.49. The number of aryl methyl sites for hydroxylation is 1. The minimum atomic E-state index is -0.703. The second-order valence-electron chi connectivity index (χ2n) is 8.04. The third-order valence-electron chi connectivity index (χ3n) is 5.74. The number of aromatic nitrogens is 1. The maximum atomic E-state index is 12.6. The number of carbonyl (C=O) groups is 2. The molecule has 1 saturated carbocycles. The number of amides is 2. The van der Waals surface area contributed by atoms with Crippen LogP contribution in [0.5, 0.6) is 5.75 Å². The van der Waals surface area contributed by atoms with E-state index in [0.29, 0.717) is 17.9 Å². The van der Waals surface area contributed by atoms with Crippen LogP contribution in [-0.4, -0.2) is 39.3 Å². The monoisotopic (exact) mass is 435 g/mol. The third kappa shape index (κ3) is 4.71. The molecule has 0 aliphatic heterocycles. The molecule has 2 aromatic carbocycles. The fraction of sp³-hybridized carbons (Fsp3) is 0.292. The molecule has 8 nitrogen and oxygen atoms in total. The van der Waals surface area contributed by atoms with Gasteiger partial charge in [-0.2, -0.15) is 0 Å². The van der Waals surface area contributed by atoms with Gasteiger partial charge in [-0.05, 0) is 56.2 Å². The van der Waals surface area contributed by atoms with Crippen LogP contribution in [0.1, 0.15) is 34.5 Å². The molecule has 4 N–H and O–H groups in total. The van der Waals surface area contributed by atoms with Crippen LogP contribution in [0.15, 0.2) is 54.6 Å². The molecule has 166 valence electrons. The van der Waals surface area contributed by atoms with Crippen LogP contribution >= 0.6 is 0 Å². The molecule has 3 atom stereocenters. The average Bonchev–Trinajstić information content (AvgIpc) is 3.17. The van der Waals surface area contributed by atoms with Crippen molar-refractivity contribution in [1.82, 2.24) is 15.8 Å². The summed E-state index contributed by atoms with van der Waals surface area (Å²) < 4.78 is 5.93. The highest BCUT2D eigenvalue weighted by atomic mass is 16.5. The maximum Gasteiger partial charge on any atom is 0.251 e. The number of hydrogen-bond donors (Lipinski definition) is 4.